The quantitative estimate of drug-likeness (QED) is 0.483. The average molecular weight is 286 g/mol. The van der Waals surface area contributed by atoms with E-state index in [1.807, 2.05) is 7.05 Å². The summed E-state index contributed by atoms with van der Waals surface area (Å²) in [7, 11) is 2.03. The first-order valence-corrected chi connectivity index (χ1v) is 6.59. The molecule has 0 saturated carbocycles. The highest BCUT2D eigenvalue weighted by atomic mass is 35.5. The molecule has 7 heteroatoms. The second-order valence-corrected chi connectivity index (χ2v) is 5.04. The first kappa shape index (κ1) is 14.0. The summed E-state index contributed by atoms with van der Waals surface area (Å²) in [6.45, 7) is 1.42. The number of ether oxygens (including phenoxy) is 1. The molecule has 1 aromatic rings. The lowest BCUT2D eigenvalue weighted by molar-refractivity contribution is -0.386. The first-order chi connectivity index (χ1) is 9.08. The topological polar surface area (TPSA) is 68.5 Å². The van der Waals surface area contributed by atoms with Crippen molar-refractivity contribution in [3.8, 4) is 5.88 Å². The van der Waals surface area contributed by atoms with Gasteiger partial charge in [-0.1, -0.05) is 18.0 Å². The van der Waals surface area contributed by atoms with Gasteiger partial charge in [-0.2, -0.15) is 4.98 Å². The molecule has 0 bridgehead atoms. The maximum atomic E-state index is 10.9. The van der Waals surface area contributed by atoms with Crippen LogP contribution in [0.4, 0.5) is 5.69 Å². The van der Waals surface area contributed by atoms with Crippen LogP contribution in [0.1, 0.15) is 19.3 Å². The molecule has 1 fully saturated rings. The van der Waals surface area contributed by atoms with E-state index in [2.05, 4.69) is 9.88 Å². The van der Waals surface area contributed by atoms with E-state index >= 15 is 0 Å². The van der Waals surface area contributed by atoms with Gasteiger partial charge in [0.15, 0.2) is 0 Å². The molecule has 1 saturated heterocycles. The minimum atomic E-state index is -0.511. The Bertz CT molecular complexity index is 470. The lowest BCUT2D eigenvalue weighted by Crippen LogP contribution is -2.40. The second-order valence-electron chi connectivity index (χ2n) is 4.66. The van der Waals surface area contributed by atoms with E-state index in [9.17, 15) is 10.1 Å². The van der Waals surface area contributed by atoms with Gasteiger partial charge in [-0.25, -0.2) is 0 Å². The Morgan fingerprint density at radius 2 is 2.37 bits per heavy atom. The molecule has 1 unspecified atom stereocenters. The predicted molar refractivity (Wildman–Crippen MR) is 71.7 cm³/mol. The highest BCUT2D eigenvalue weighted by Gasteiger charge is 2.22. The Morgan fingerprint density at radius 3 is 3.05 bits per heavy atom. The third kappa shape index (κ3) is 3.54. The van der Waals surface area contributed by atoms with Crippen LogP contribution in [-0.2, 0) is 0 Å². The zero-order valence-corrected chi connectivity index (χ0v) is 11.5. The molecule has 104 valence electrons. The monoisotopic (exact) mass is 285 g/mol. The third-order valence-electron chi connectivity index (χ3n) is 3.34. The number of rotatable bonds is 4. The lowest BCUT2D eigenvalue weighted by Gasteiger charge is -2.31. The Kier molecular flexibility index (Phi) is 4.55. The minimum absolute atomic E-state index is 0.00327. The van der Waals surface area contributed by atoms with Crippen molar-refractivity contribution in [1.82, 2.24) is 9.88 Å². The van der Waals surface area contributed by atoms with E-state index in [-0.39, 0.29) is 22.8 Å². The molecule has 0 N–H and O–H groups in total. The number of likely N-dealkylation sites (N-methyl/N-ethyl adjacent to an activating group) is 1. The van der Waals surface area contributed by atoms with Crippen molar-refractivity contribution in [3.05, 3.63) is 27.4 Å². The maximum Gasteiger partial charge on any atom is 0.331 e. The van der Waals surface area contributed by atoms with Crippen molar-refractivity contribution in [3.63, 3.8) is 0 Å². The summed E-state index contributed by atoms with van der Waals surface area (Å²) in [6, 6.07) is 2.98. The maximum absolute atomic E-state index is 10.9. The molecule has 1 aliphatic rings. The van der Waals surface area contributed by atoms with E-state index in [1.54, 1.807) is 0 Å². The van der Waals surface area contributed by atoms with Crippen LogP contribution in [0.3, 0.4) is 0 Å². The Hall–Kier alpha value is -1.40. The van der Waals surface area contributed by atoms with Gasteiger partial charge in [0.05, 0.1) is 4.92 Å². The molecule has 0 radical (unpaired) electrons. The Balaban J connectivity index is 2.05. The van der Waals surface area contributed by atoms with E-state index in [0.29, 0.717) is 6.61 Å². The van der Waals surface area contributed by atoms with E-state index in [4.69, 9.17) is 16.3 Å². The van der Waals surface area contributed by atoms with Gasteiger partial charge in [0, 0.05) is 12.1 Å². The summed E-state index contributed by atoms with van der Waals surface area (Å²) in [6.07, 6.45) is 3.37. The average Bonchev–Trinajstić information content (AvgIpc) is 2.37. The summed E-state index contributed by atoms with van der Waals surface area (Å²) < 4.78 is 5.51. The van der Waals surface area contributed by atoms with Crippen molar-refractivity contribution in [2.24, 2.45) is 0 Å². The van der Waals surface area contributed by atoms with Crippen molar-refractivity contribution in [2.45, 2.75) is 25.3 Å². The number of pyridine rings is 1. The fourth-order valence-electron chi connectivity index (χ4n) is 2.19. The van der Waals surface area contributed by atoms with Crippen LogP contribution < -0.4 is 4.74 Å². The number of piperidine rings is 1. The zero-order chi connectivity index (χ0) is 13.8. The number of nitro groups is 1. The molecule has 0 aromatic carbocycles. The van der Waals surface area contributed by atoms with Gasteiger partial charge in [-0.3, -0.25) is 10.1 Å². The molecule has 2 heterocycles. The van der Waals surface area contributed by atoms with Gasteiger partial charge in [0.1, 0.15) is 11.8 Å². The van der Waals surface area contributed by atoms with Crippen molar-refractivity contribution < 1.29 is 9.66 Å². The number of likely N-dealkylation sites (tertiary alicyclic amines) is 1. The van der Waals surface area contributed by atoms with Gasteiger partial charge in [-0.15, -0.1) is 0 Å². The van der Waals surface area contributed by atoms with Gasteiger partial charge < -0.3 is 9.64 Å². The summed E-state index contributed by atoms with van der Waals surface area (Å²) in [4.78, 5) is 16.5. The van der Waals surface area contributed by atoms with Gasteiger partial charge in [-0.05, 0) is 32.5 Å². The molecule has 1 atom stereocenters. The standard InChI is InChI=1S/C12H16ClN3O3/c1-15-7-3-2-4-9(15)8-19-12-10(16(17)18)5-6-11(13)14-12/h5-6,9H,2-4,7-8H2,1H3. The van der Waals surface area contributed by atoms with Crippen LogP contribution in [0.2, 0.25) is 5.15 Å². The van der Waals surface area contributed by atoms with Crippen molar-refractivity contribution in [1.29, 1.82) is 0 Å². The third-order valence-corrected chi connectivity index (χ3v) is 3.55. The molecular weight excluding hydrogens is 270 g/mol. The first-order valence-electron chi connectivity index (χ1n) is 6.22. The minimum Gasteiger partial charge on any atom is -0.471 e. The molecule has 19 heavy (non-hydrogen) atoms. The largest absolute Gasteiger partial charge is 0.471 e. The molecule has 0 amide bonds. The molecule has 2 rings (SSSR count). The molecule has 0 aliphatic carbocycles. The second kappa shape index (κ2) is 6.16. The SMILES string of the molecule is CN1CCCCC1COc1nc(Cl)ccc1[N+](=O)[O-]. The fraction of sp³-hybridized carbons (Fsp3) is 0.583. The van der Waals surface area contributed by atoms with E-state index in [0.717, 1.165) is 19.4 Å². The van der Waals surface area contributed by atoms with E-state index < -0.39 is 4.92 Å². The normalized spacial score (nSPS) is 20.2. The number of halogens is 1. The number of aromatic nitrogens is 1. The summed E-state index contributed by atoms with van der Waals surface area (Å²) in [5.41, 5.74) is -0.150. The van der Waals surface area contributed by atoms with E-state index in [1.165, 1.54) is 18.6 Å². The Morgan fingerprint density at radius 1 is 1.58 bits per heavy atom. The van der Waals surface area contributed by atoms with Crippen molar-refractivity contribution in [2.75, 3.05) is 20.2 Å². The zero-order valence-electron chi connectivity index (χ0n) is 10.7. The smallest absolute Gasteiger partial charge is 0.331 e. The molecule has 0 spiro atoms. The van der Waals surface area contributed by atoms with Crippen LogP contribution >= 0.6 is 11.6 Å². The van der Waals surface area contributed by atoms with Gasteiger partial charge >= 0.3 is 5.69 Å². The molecule has 1 aliphatic heterocycles. The number of hydrogen-bond acceptors (Lipinski definition) is 5. The highest BCUT2D eigenvalue weighted by molar-refractivity contribution is 6.29. The van der Waals surface area contributed by atoms with Crippen LogP contribution in [0, 0.1) is 10.1 Å². The summed E-state index contributed by atoms with van der Waals surface area (Å²) in [5.74, 6) is -0.00327. The Labute approximate surface area is 116 Å². The van der Waals surface area contributed by atoms with Gasteiger partial charge in [0.25, 0.3) is 5.88 Å². The highest BCUT2D eigenvalue weighted by Crippen LogP contribution is 2.27. The number of nitrogens with zero attached hydrogens (tertiary/aromatic N) is 3. The molecule has 1 aromatic heterocycles. The fourth-order valence-corrected chi connectivity index (χ4v) is 2.33. The lowest BCUT2D eigenvalue weighted by atomic mass is 10.0. The van der Waals surface area contributed by atoms with Crippen LogP contribution in [-0.4, -0.2) is 41.0 Å². The van der Waals surface area contributed by atoms with Crippen LogP contribution in [0.25, 0.3) is 0 Å². The summed E-state index contributed by atoms with van der Waals surface area (Å²) >= 11 is 5.75. The number of hydrogen-bond donors (Lipinski definition) is 0. The predicted octanol–water partition coefficient (Wildman–Crippen LogP) is 2.51. The summed E-state index contributed by atoms with van der Waals surface area (Å²) in [5, 5.41) is 11.1. The van der Waals surface area contributed by atoms with Crippen LogP contribution in [0.5, 0.6) is 5.88 Å². The van der Waals surface area contributed by atoms with Crippen LogP contribution in [0.15, 0.2) is 12.1 Å². The molecule has 6 nitrogen and oxygen atoms in total. The van der Waals surface area contributed by atoms with Gasteiger partial charge in [0.2, 0.25) is 0 Å². The molecular formula is C12H16ClN3O3. The van der Waals surface area contributed by atoms with Crippen molar-refractivity contribution >= 4 is 17.3 Å².